The van der Waals surface area contributed by atoms with Gasteiger partial charge in [-0.15, -0.1) is 0 Å². The molecule has 1 unspecified atom stereocenters. The fraction of sp³-hybridized carbons (Fsp3) is 0.500. The van der Waals surface area contributed by atoms with Gasteiger partial charge in [0.1, 0.15) is 5.76 Å². The van der Waals surface area contributed by atoms with Gasteiger partial charge in [-0.3, -0.25) is 4.90 Å². The third-order valence-electron chi connectivity index (χ3n) is 4.70. The quantitative estimate of drug-likeness (QED) is 0.750. The Kier molecular flexibility index (Phi) is 5.86. The molecule has 132 valence electrons. The Morgan fingerprint density at radius 2 is 1.79 bits per heavy atom. The lowest BCUT2D eigenvalue weighted by molar-refractivity contribution is 0.0479. The van der Waals surface area contributed by atoms with Crippen molar-refractivity contribution in [2.45, 2.75) is 39.3 Å². The number of benzene rings is 1. The summed E-state index contributed by atoms with van der Waals surface area (Å²) in [7, 11) is 0. The Hall–Kier alpha value is -1.62. The number of nitrogens with zero attached hydrogens (tertiary/aromatic N) is 1. The molecule has 0 heterocycles. The highest BCUT2D eigenvalue weighted by Gasteiger charge is 2.36. The van der Waals surface area contributed by atoms with Gasteiger partial charge >= 0.3 is 0 Å². The Balaban J connectivity index is 2.23. The van der Waals surface area contributed by atoms with E-state index in [2.05, 4.69) is 37.8 Å². The minimum atomic E-state index is -0.494. The van der Waals surface area contributed by atoms with Gasteiger partial charge in [0, 0.05) is 24.0 Å². The zero-order valence-corrected chi connectivity index (χ0v) is 14.9. The van der Waals surface area contributed by atoms with E-state index in [0.717, 1.165) is 6.54 Å². The molecule has 0 amide bonds. The molecule has 0 aromatic heterocycles. The molecular weight excluding hydrogens is 302 g/mol. The van der Waals surface area contributed by atoms with E-state index in [0.29, 0.717) is 18.5 Å². The predicted molar refractivity (Wildman–Crippen MR) is 96.6 cm³/mol. The third kappa shape index (κ3) is 4.47. The molecular formula is C20H29NO3. The molecule has 0 bridgehead atoms. The number of rotatable bonds is 6. The van der Waals surface area contributed by atoms with Crippen molar-refractivity contribution in [3.63, 3.8) is 0 Å². The monoisotopic (exact) mass is 331 g/mol. The molecule has 1 aromatic rings. The van der Waals surface area contributed by atoms with Gasteiger partial charge in [0.25, 0.3) is 0 Å². The van der Waals surface area contributed by atoms with Crippen LogP contribution in [-0.2, 0) is 6.54 Å². The smallest absolute Gasteiger partial charge is 0.116 e. The molecule has 0 spiro atoms. The van der Waals surface area contributed by atoms with Crippen molar-refractivity contribution in [2.24, 2.45) is 5.41 Å². The van der Waals surface area contributed by atoms with E-state index in [9.17, 15) is 15.3 Å². The summed E-state index contributed by atoms with van der Waals surface area (Å²) in [6, 6.07) is 10.3. The summed E-state index contributed by atoms with van der Waals surface area (Å²) in [5.41, 5.74) is 1.24. The van der Waals surface area contributed by atoms with Gasteiger partial charge in [-0.25, -0.2) is 0 Å². The number of allylic oxidation sites excluding steroid dienone is 1. The fourth-order valence-corrected chi connectivity index (χ4v) is 3.07. The molecule has 2 rings (SSSR count). The molecule has 1 aromatic carbocycles. The second kappa shape index (κ2) is 7.51. The van der Waals surface area contributed by atoms with Gasteiger partial charge in [-0.05, 0) is 44.4 Å². The molecule has 0 saturated heterocycles. The third-order valence-corrected chi connectivity index (χ3v) is 4.70. The van der Waals surface area contributed by atoms with Gasteiger partial charge in [-0.1, -0.05) is 36.4 Å². The summed E-state index contributed by atoms with van der Waals surface area (Å²) in [6.45, 7) is 7.70. The van der Waals surface area contributed by atoms with Gasteiger partial charge < -0.3 is 15.3 Å². The molecule has 1 aliphatic carbocycles. The second-order valence-corrected chi connectivity index (χ2v) is 7.69. The fourth-order valence-electron chi connectivity index (χ4n) is 3.07. The van der Waals surface area contributed by atoms with Crippen molar-refractivity contribution in [3.8, 4) is 0 Å². The van der Waals surface area contributed by atoms with E-state index < -0.39 is 5.41 Å². The van der Waals surface area contributed by atoms with Crippen molar-refractivity contribution in [3.05, 3.63) is 59.4 Å². The van der Waals surface area contributed by atoms with E-state index in [4.69, 9.17) is 0 Å². The zero-order chi connectivity index (χ0) is 17.8. The van der Waals surface area contributed by atoms with Crippen molar-refractivity contribution in [1.82, 2.24) is 4.90 Å². The number of aliphatic hydroxyl groups is 3. The molecule has 0 radical (unpaired) electrons. The highest BCUT2D eigenvalue weighted by molar-refractivity contribution is 5.29. The second-order valence-electron chi connectivity index (χ2n) is 7.69. The van der Waals surface area contributed by atoms with Crippen LogP contribution in [0.1, 0.15) is 32.8 Å². The summed E-state index contributed by atoms with van der Waals surface area (Å²) in [5.74, 6) is 0.118. The van der Waals surface area contributed by atoms with Crippen LogP contribution in [0.2, 0.25) is 0 Å². The Morgan fingerprint density at radius 3 is 2.33 bits per heavy atom. The van der Waals surface area contributed by atoms with Gasteiger partial charge in [-0.2, -0.15) is 0 Å². The summed E-state index contributed by atoms with van der Waals surface area (Å²) in [5, 5.41) is 29.4. The first-order chi connectivity index (χ1) is 11.3. The minimum Gasteiger partial charge on any atom is -0.508 e. The topological polar surface area (TPSA) is 63.9 Å². The number of hydrogen-bond donors (Lipinski definition) is 3. The van der Waals surface area contributed by atoms with Crippen LogP contribution in [0.4, 0.5) is 0 Å². The first-order valence-corrected chi connectivity index (χ1v) is 8.40. The van der Waals surface area contributed by atoms with Crippen molar-refractivity contribution in [1.29, 1.82) is 0 Å². The first kappa shape index (κ1) is 18.7. The van der Waals surface area contributed by atoms with Crippen molar-refractivity contribution >= 4 is 0 Å². The summed E-state index contributed by atoms with van der Waals surface area (Å²) >= 11 is 0. The maximum Gasteiger partial charge on any atom is 0.116 e. The average molecular weight is 331 g/mol. The SMILES string of the molecule is CC(C)(C)N(Cc1ccccc1)CC1(CO)C=CC(O)=C(CO)C1. The molecule has 4 nitrogen and oxygen atoms in total. The first-order valence-electron chi connectivity index (χ1n) is 8.40. The molecule has 24 heavy (non-hydrogen) atoms. The summed E-state index contributed by atoms with van der Waals surface area (Å²) in [4.78, 5) is 2.33. The lowest BCUT2D eigenvalue weighted by atomic mass is 9.77. The van der Waals surface area contributed by atoms with Crippen molar-refractivity contribution in [2.75, 3.05) is 19.8 Å². The number of aliphatic hydroxyl groups excluding tert-OH is 3. The van der Waals surface area contributed by atoms with Crippen LogP contribution in [0.5, 0.6) is 0 Å². The minimum absolute atomic E-state index is 0.0261. The van der Waals surface area contributed by atoms with Gasteiger partial charge in [0.05, 0.1) is 13.2 Å². The van der Waals surface area contributed by atoms with Crippen LogP contribution in [-0.4, -0.2) is 45.5 Å². The molecule has 0 saturated carbocycles. The van der Waals surface area contributed by atoms with Gasteiger partial charge in [0.15, 0.2) is 0 Å². The molecule has 1 atom stereocenters. The van der Waals surface area contributed by atoms with Gasteiger partial charge in [0.2, 0.25) is 0 Å². The standard InChI is InChI=1S/C20H29NO3/c1-19(2,3)21(12-16-7-5-4-6-8-16)14-20(15-23)10-9-18(24)17(11-20)13-22/h4-10,22-24H,11-15H2,1-3H3. The van der Waals surface area contributed by atoms with E-state index in [1.807, 2.05) is 24.3 Å². The predicted octanol–water partition coefficient (Wildman–Crippen LogP) is 3.03. The normalized spacial score (nSPS) is 21.6. The molecule has 0 aliphatic heterocycles. The average Bonchev–Trinajstić information content (AvgIpc) is 2.56. The Labute approximate surface area is 144 Å². The van der Waals surface area contributed by atoms with Crippen LogP contribution in [0.15, 0.2) is 53.8 Å². The molecule has 4 heteroatoms. The molecule has 0 fully saturated rings. The van der Waals surface area contributed by atoms with Crippen molar-refractivity contribution < 1.29 is 15.3 Å². The van der Waals surface area contributed by atoms with Crippen LogP contribution >= 0.6 is 0 Å². The Bertz CT molecular complexity index is 601. The highest BCUT2D eigenvalue weighted by Crippen LogP contribution is 2.36. The van der Waals surface area contributed by atoms with Crippen LogP contribution in [0.25, 0.3) is 0 Å². The largest absolute Gasteiger partial charge is 0.508 e. The number of hydrogen-bond acceptors (Lipinski definition) is 4. The lowest BCUT2D eigenvalue weighted by Crippen LogP contribution is -2.48. The van der Waals surface area contributed by atoms with E-state index in [1.165, 1.54) is 5.56 Å². The lowest BCUT2D eigenvalue weighted by Gasteiger charge is -2.43. The van der Waals surface area contributed by atoms with Crippen LogP contribution < -0.4 is 0 Å². The van der Waals surface area contributed by atoms with Crippen LogP contribution in [0, 0.1) is 5.41 Å². The van der Waals surface area contributed by atoms with E-state index >= 15 is 0 Å². The highest BCUT2D eigenvalue weighted by atomic mass is 16.3. The summed E-state index contributed by atoms with van der Waals surface area (Å²) in [6.07, 6.45) is 3.95. The van der Waals surface area contributed by atoms with Crippen LogP contribution in [0.3, 0.4) is 0 Å². The zero-order valence-electron chi connectivity index (χ0n) is 14.9. The van der Waals surface area contributed by atoms with E-state index in [1.54, 1.807) is 6.08 Å². The maximum absolute atomic E-state index is 10.1. The molecule has 3 N–H and O–H groups in total. The Morgan fingerprint density at radius 1 is 1.12 bits per heavy atom. The summed E-state index contributed by atoms with van der Waals surface area (Å²) < 4.78 is 0. The maximum atomic E-state index is 10.1. The van der Waals surface area contributed by atoms with E-state index in [-0.39, 0.29) is 24.5 Å². The molecule has 1 aliphatic rings.